The number of likely N-dealkylation sites (tertiary alicyclic amines) is 1. The Balaban J connectivity index is 1.54. The van der Waals surface area contributed by atoms with Crippen LogP contribution in [0, 0.1) is 6.92 Å². The average molecular weight is 482 g/mol. The van der Waals surface area contributed by atoms with Crippen LogP contribution in [0.4, 0.5) is 18.0 Å². The lowest BCUT2D eigenvalue weighted by Gasteiger charge is -2.31. The van der Waals surface area contributed by atoms with E-state index in [0.29, 0.717) is 55.2 Å². The van der Waals surface area contributed by atoms with Crippen LogP contribution in [0.3, 0.4) is 0 Å². The zero-order valence-corrected chi connectivity index (χ0v) is 18.7. The van der Waals surface area contributed by atoms with E-state index in [1.165, 1.54) is 30.6 Å². The molecule has 12 heteroatoms. The van der Waals surface area contributed by atoms with Gasteiger partial charge in [0.25, 0.3) is 5.88 Å². The molecule has 0 radical (unpaired) electrons. The normalized spacial score (nSPS) is 14.3. The van der Waals surface area contributed by atoms with Crippen LogP contribution in [-0.4, -0.2) is 53.1 Å². The van der Waals surface area contributed by atoms with Crippen molar-refractivity contribution in [2.24, 2.45) is 0 Å². The fourth-order valence-electron chi connectivity index (χ4n) is 3.20. The Labute approximate surface area is 194 Å². The molecule has 0 unspecified atom stereocenters. The van der Waals surface area contributed by atoms with Crippen LogP contribution in [0.2, 0.25) is 0 Å². The van der Waals surface area contributed by atoms with Crippen LogP contribution in [0.25, 0.3) is 5.70 Å². The summed E-state index contributed by atoms with van der Waals surface area (Å²) in [6.07, 6.45) is -2.68. The predicted molar refractivity (Wildman–Crippen MR) is 115 cm³/mol. The smallest absolute Gasteiger partial charge is 0.474 e. The van der Waals surface area contributed by atoms with E-state index < -0.39 is 6.36 Å². The average Bonchev–Trinajstić information content (AvgIpc) is 2.79. The molecule has 1 amide bonds. The number of benzene rings is 1. The minimum absolute atomic E-state index is 0.132. The van der Waals surface area contributed by atoms with E-state index in [9.17, 15) is 18.0 Å². The van der Waals surface area contributed by atoms with E-state index >= 15 is 0 Å². The molecule has 34 heavy (non-hydrogen) atoms. The molecule has 184 valence electrons. The van der Waals surface area contributed by atoms with Gasteiger partial charge in [-0.25, -0.2) is 15.3 Å². The van der Waals surface area contributed by atoms with E-state index in [1.54, 1.807) is 18.7 Å². The molecule has 0 atom stereocenters. The van der Waals surface area contributed by atoms with Crippen molar-refractivity contribution in [2.75, 3.05) is 19.7 Å². The molecule has 1 aliphatic rings. The standard InChI is InChI=1S/C22H25F3N4O5/c1-4-31-21(30)29-11-9-17(10-12-29)32-19-14(2)20(27-13-26-19)34-28-15(3)16-5-7-18(8-6-16)33-22(23,24)25/h5-8,13,17,28H,3-4,9-12H2,1-2H3. The maximum absolute atomic E-state index is 12.3. The summed E-state index contributed by atoms with van der Waals surface area (Å²) < 4.78 is 51.7. The first-order valence-electron chi connectivity index (χ1n) is 10.5. The summed E-state index contributed by atoms with van der Waals surface area (Å²) >= 11 is 0. The molecule has 9 nitrogen and oxygen atoms in total. The summed E-state index contributed by atoms with van der Waals surface area (Å²) in [4.78, 5) is 27.2. The summed E-state index contributed by atoms with van der Waals surface area (Å²) in [6, 6.07) is 5.16. The highest BCUT2D eigenvalue weighted by atomic mass is 19.4. The highest BCUT2D eigenvalue weighted by Gasteiger charge is 2.31. The molecule has 1 N–H and O–H groups in total. The number of hydrogen-bond donors (Lipinski definition) is 1. The van der Waals surface area contributed by atoms with Gasteiger partial charge in [-0.05, 0) is 38.1 Å². The van der Waals surface area contributed by atoms with Crippen LogP contribution < -0.4 is 19.8 Å². The minimum Gasteiger partial charge on any atom is -0.474 e. The highest BCUT2D eigenvalue weighted by Crippen LogP contribution is 2.27. The van der Waals surface area contributed by atoms with Crippen LogP contribution in [-0.2, 0) is 4.74 Å². The number of rotatable bonds is 8. The fourth-order valence-corrected chi connectivity index (χ4v) is 3.20. The highest BCUT2D eigenvalue weighted by molar-refractivity contribution is 5.67. The zero-order valence-electron chi connectivity index (χ0n) is 18.7. The van der Waals surface area contributed by atoms with Gasteiger partial charge in [-0.2, -0.15) is 4.98 Å². The van der Waals surface area contributed by atoms with Gasteiger partial charge in [0.15, 0.2) is 0 Å². The molecule has 1 fully saturated rings. The maximum atomic E-state index is 12.3. The second kappa shape index (κ2) is 10.9. The van der Waals surface area contributed by atoms with Crippen molar-refractivity contribution in [3.63, 3.8) is 0 Å². The largest absolute Gasteiger partial charge is 0.573 e. The lowest BCUT2D eigenvalue weighted by molar-refractivity contribution is -0.274. The van der Waals surface area contributed by atoms with E-state index in [-0.39, 0.29) is 23.8 Å². The number of carbonyl (C=O) groups is 1. The third-order valence-corrected chi connectivity index (χ3v) is 4.95. The second-order valence-electron chi connectivity index (χ2n) is 7.37. The van der Waals surface area contributed by atoms with Gasteiger partial charge in [0.05, 0.1) is 17.9 Å². The van der Waals surface area contributed by atoms with Crippen molar-refractivity contribution in [3.05, 3.63) is 48.3 Å². The number of aromatic nitrogens is 2. The first-order valence-corrected chi connectivity index (χ1v) is 10.5. The quantitative estimate of drug-likeness (QED) is 0.559. The van der Waals surface area contributed by atoms with Crippen molar-refractivity contribution in [2.45, 2.75) is 39.2 Å². The van der Waals surface area contributed by atoms with Crippen molar-refractivity contribution in [1.82, 2.24) is 20.3 Å². The molecular formula is C22H25F3N4O5. The number of ether oxygens (including phenoxy) is 3. The molecule has 1 aliphatic heterocycles. The molecular weight excluding hydrogens is 457 g/mol. The summed E-state index contributed by atoms with van der Waals surface area (Å²) in [5, 5.41) is 0. The summed E-state index contributed by atoms with van der Waals surface area (Å²) in [5.74, 6) is 0.208. The maximum Gasteiger partial charge on any atom is 0.573 e. The number of hydrogen-bond acceptors (Lipinski definition) is 8. The Kier molecular flexibility index (Phi) is 8.03. The van der Waals surface area contributed by atoms with Crippen LogP contribution in [0.5, 0.6) is 17.5 Å². The summed E-state index contributed by atoms with van der Waals surface area (Å²) in [7, 11) is 0. The number of carbonyl (C=O) groups excluding carboxylic acids is 1. The second-order valence-corrected chi connectivity index (χ2v) is 7.37. The fraction of sp³-hybridized carbons (Fsp3) is 0.409. The monoisotopic (exact) mass is 482 g/mol. The van der Waals surface area contributed by atoms with Gasteiger partial charge < -0.3 is 23.9 Å². The number of amides is 1. The molecule has 0 bridgehead atoms. The SMILES string of the molecule is C=C(NOc1ncnc(OC2CCN(C(=O)OCC)CC2)c1C)c1ccc(OC(F)(F)F)cc1. The van der Waals surface area contributed by atoms with E-state index in [2.05, 4.69) is 26.8 Å². The molecule has 0 spiro atoms. The first kappa shape index (κ1) is 24.9. The molecule has 3 rings (SSSR count). The van der Waals surface area contributed by atoms with E-state index in [4.69, 9.17) is 14.3 Å². The topological polar surface area (TPSA) is 95.0 Å². The molecule has 2 heterocycles. The van der Waals surface area contributed by atoms with Gasteiger partial charge in [-0.15, -0.1) is 13.2 Å². The molecule has 2 aromatic rings. The molecule has 1 saturated heterocycles. The molecule has 0 saturated carbocycles. The van der Waals surface area contributed by atoms with E-state index in [0.717, 1.165) is 0 Å². The number of nitrogens with zero attached hydrogens (tertiary/aromatic N) is 3. The number of nitrogens with one attached hydrogen (secondary N) is 1. The van der Waals surface area contributed by atoms with Gasteiger partial charge in [-0.3, -0.25) is 0 Å². The molecule has 1 aromatic carbocycles. The van der Waals surface area contributed by atoms with Crippen LogP contribution in [0.15, 0.2) is 37.2 Å². The predicted octanol–water partition coefficient (Wildman–Crippen LogP) is 4.24. The van der Waals surface area contributed by atoms with Crippen molar-refractivity contribution in [3.8, 4) is 17.5 Å². The lowest BCUT2D eigenvalue weighted by Crippen LogP contribution is -2.42. The third-order valence-electron chi connectivity index (χ3n) is 4.95. The van der Waals surface area contributed by atoms with Crippen molar-refractivity contribution < 1.29 is 37.0 Å². The van der Waals surface area contributed by atoms with Crippen molar-refractivity contribution >= 4 is 11.8 Å². The summed E-state index contributed by atoms with van der Waals surface area (Å²) in [5.41, 5.74) is 3.96. The zero-order chi connectivity index (χ0) is 24.7. The van der Waals surface area contributed by atoms with Gasteiger partial charge in [0.1, 0.15) is 18.2 Å². The van der Waals surface area contributed by atoms with E-state index in [1.807, 2.05) is 0 Å². The Morgan fingerprint density at radius 2 is 1.82 bits per heavy atom. The Morgan fingerprint density at radius 1 is 1.18 bits per heavy atom. The Morgan fingerprint density at radius 3 is 2.44 bits per heavy atom. The number of hydroxylamine groups is 1. The number of alkyl halides is 3. The molecule has 0 aliphatic carbocycles. The first-order chi connectivity index (χ1) is 16.2. The number of halogens is 3. The molecule has 1 aromatic heterocycles. The summed E-state index contributed by atoms with van der Waals surface area (Å²) in [6.45, 7) is 8.67. The van der Waals surface area contributed by atoms with Gasteiger partial charge in [0.2, 0.25) is 5.88 Å². The Bertz CT molecular complexity index is 993. The lowest BCUT2D eigenvalue weighted by atomic mass is 10.1. The van der Waals surface area contributed by atoms with Gasteiger partial charge >= 0.3 is 12.5 Å². The third kappa shape index (κ3) is 6.90. The van der Waals surface area contributed by atoms with Crippen molar-refractivity contribution in [1.29, 1.82) is 0 Å². The Hall–Kier alpha value is -3.70. The van der Waals surface area contributed by atoms with Crippen LogP contribution >= 0.6 is 0 Å². The number of piperidine rings is 1. The van der Waals surface area contributed by atoms with Gasteiger partial charge in [-0.1, -0.05) is 6.58 Å². The van der Waals surface area contributed by atoms with Gasteiger partial charge in [0, 0.05) is 31.5 Å². The minimum atomic E-state index is -4.76. The van der Waals surface area contributed by atoms with Crippen LogP contribution in [0.1, 0.15) is 30.9 Å².